The highest BCUT2D eigenvalue weighted by molar-refractivity contribution is 6.05. The summed E-state index contributed by atoms with van der Waals surface area (Å²) in [4.78, 5) is 20.2. The molecular weight excluding hydrogens is 381 g/mol. The molecule has 1 aliphatic rings. The first-order chi connectivity index (χ1) is 14.1. The molecule has 1 unspecified atom stereocenters. The van der Waals surface area contributed by atoms with Gasteiger partial charge in [-0.05, 0) is 30.3 Å². The first-order valence-corrected chi connectivity index (χ1v) is 8.97. The maximum absolute atomic E-state index is 14.3. The molecule has 0 spiro atoms. The number of nitrogens with one attached hydrogen (secondary N) is 1. The molecule has 4 rings (SSSR count). The maximum Gasteiger partial charge on any atom is 0.278 e. The molecule has 1 aliphatic heterocycles. The monoisotopic (exact) mass is 399 g/mol. The number of rotatable bonds is 5. The summed E-state index contributed by atoms with van der Waals surface area (Å²) in [7, 11) is 0. The van der Waals surface area contributed by atoms with Crippen LogP contribution in [0.5, 0.6) is 11.6 Å². The van der Waals surface area contributed by atoms with E-state index in [1.807, 2.05) is 0 Å². The Labute approximate surface area is 165 Å². The van der Waals surface area contributed by atoms with Gasteiger partial charge in [-0.1, -0.05) is 0 Å². The summed E-state index contributed by atoms with van der Waals surface area (Å²) >= 11 is 0. The van der Waals surface area contributed by atoms with Crippen molar-refractivity contribution < 1.29 is 28.5 Å². The van der Waals surface area contributed by atoms with Crippen molar-refractivity contribution in [1.29, 1.82) is 0 Å². The van der Waals surface area contributed by atoms with E-state index >= 15 is 0 Å². The first-order valence-electron chi connectivity index (χ1n) is 8.97. The Balaban J connectivity index is 1.55. The summed E-state index contributed by atoms with van der Waals surface area (Å²) < 4.78 is 30.9. The molecule has 0 radical (unpaired) electrons. The predicted molar refractivity (Wildman–Crippen MR) is 102 cm³/mol. The molecule has 2 aromatic heterocycles. The molecule has 1 atom stereocenters. The molecule has 1 fully saturated rings. The number of benzene rings is 1. The lowest BCUT2D eigenvalue weighted by atomic mass is 10.1. The lowest BCUT2D eigenvalue weighted by molar-refractivity contribution is -0.101. The van der Waals surface area contributed by atoms with Crippen LogP contribution in [0.2, 0.25) is 0 Å². The van der Waals surface area contributed by atoms with Crippen molar-refractivity contribution in [3.05, 3.63) is 54.2 Å². The van der Waals surface area contributed by atoms with Crippen molar-refractivity contribution >= 4 is 22.4 Å². The third-order valence-corrected chi connectivity index (χ3v) is 4.35. The Morgan fingerprint density at radius 1 is 1.28 bits per heavy atom. The van der Waals surface area contributed by atoms with Gasteiger partial charge in [0.1, 0.15) is 24.3 Å². The molecule has 0 saturated carbocycles. The van der Waals surface area contributed by atoms with Crippen LogP contribution in [-0.4, -0.2) is 53.5 Å². The fourth-order valence-corrected chi connectivity index (χ4v) is 2.94. The molecule has 29 heavy (non-hydrogen) atoms. The van der Waals surface area contributed by atoms with Crippen LogP contribution in [0.15, 0.2) is 42.7 Å². The molecule has 2 N–H and O–H groups in total. The number of anilines is 1. The minimum atomic E-state index is -0.608. The van der Waals surface area contributed by atoms with Crippen molar-refractivity contribution in [3.63, 3.8) is 0 Å². The number of carbonyl (C=O) groups excluding carboxylic acids is 1. The number of hydrogen-bond acceptors (Lipinski definition) is 7. The van der Waals surface area contributed by atoms with Gasteiger partial charge >= 0.3 is 0 Å². The molecule has 1 amide bonds. The number of carbonyl (C=O) groups is 1. The van der Waals surface area contributed by atoms with Crippen molar-refractivity contribution in [1.82, 2.24) is 9.97 Å². The van der Waals surface area contributed by atoms with E-state index in [1.165, 1.54) is 24.4 Å². The molecule has 3 aromatic rings. The summed E-state index contributed by atoms with van der Waals surface area (Å²) in [6, 6.07) is 7.54. The number of hydrogen-bond donors (Lipinski definition) is 2. The fourth-order valence-electron chi connectivity index (χ4n) is 2.94. The number of halogens is 1. The van der Waals surface area contributed by atoms with Crippen molar-refractivity contribution in [2.45, 2.75) is 6.10 Å². The highest BCUT2D eigenvalue weighted by atomic mass is 19.1. The van der Waals surface area contributed by atoms with Crippen LogP contribution in [-0.2, 0) is 9.47 Å². The van der Waals surface area contributed by atoms with Crippen molar-refractivity contribution in [3.8, 4) is 11.6 Å². The van der Waals surface area contributed by atoms with Gasteiger partial charge in [-0.3, -0.25) is 4.79 Å². The molecule has 8 nitrogen and oxygen atoms in total. The van der Waals surface area contributed by atoms with Gasteiger partial charge in [0.05, 0.1) is 26.0 Å². The third-order valence-electron chi connectivity index (χ3n) is 4.35. The van der Waals surface area contributed by atoms with Gasteiger partial charge in [0, 0.05) is 22.7 Å². The largest absolute Gasteiger partial charge is 0.505 e. The van der Waals surface area contributed by atoms with Crippen LogP contribution in [0.1, 0.15) is 10.5 Å². The zero-order chi connectivity index (χ0) is 20.2. The lowest BCUT2D eigenvalue weighted by Gasteiger charge is -2.23. The van der Waals surface area contributed by atoms with Crippen molar-refractivity contribution in [2.75, 3.05) is 31.7 Å². The van der Waals surface area contributed by atoms with E-state index in [1.54, 1.807) is 12.1 Å². The van der Waals surface area contributed by atoms with Gasteiger partial charge in [0.15, 0.2) is 5.69 Å². The number of fused-ring (bicyclic) bond motifs is 1. The van der Waals surface area contributed by atoms with Crippen LogP contribution >= 0.6 is 0 Å². The van der Waals surface area contributed by atoms with E-state index in [4.69, 9.17) is 14.2 Å². The standard InChI is InChI=1S/C20H18FN3O5/c21-16-9-23-20(29-11-13-10-27-6-7-28-13)14-4-3-12(8-15(14)16)24-19(26)18-17(25)2-1-5-22-18/h1-5,8-9,13,25H,6-7,10-11H2,(H,24,26). The Morgan fingerprint density at radius 3 is 2.97 bits per heavy atom. The number of nitrogens with zero attached hydrogens (tertiary/aromatic N) is 2. The Bertz CT molecular complexity index is 1040. The van der Waals surface area contributed by atoms with Gasteiger partial charge < -0.3 is 24.6 Å². The van der Waals surface area contributed by atoms with Crippen LogP contribution in [0.3, 0.4) is 0 Å². The average molecular weight is 399 g/mol. The summed E-state index contributed by atoms with van der Waals surface area (Å²) in [5.74, 6) is -1.15. The summed E-state index contributed by atoms with van der Waals surface area (Å²) in [6.07, 6.45) is 2.24. The molecule has 0 bridgehead atoms. The summed E-state index contributed by atoms with van der Waals surface area (Å²) in [6.45, 7) is 1.71. The Hall–Kier alpha value is -3.30. The highest BCUT2D eigenvalue weighted by Gasteiger charge is 2.18. The molecule has 0 aliphatic carbocycles. The predicted octanol–water partition coefficient (Wildman–Crippen LogP) is 2.52. The molecule has 1 aromatic carbocycles. The third kappa shape index (κ3) is 4.25. The van der Waals surface area contributed by atoms with Crippen LogP contribution < -0.4 is 10.1 Å². The highest BCUT2D eigenvalue weighted by Crippen LogP contribution is 2.29. The first kappa shape index (κ1) is 19.0. The molecule has 9 heteroatoms. The van der Waals surface area contributed by atoms with Crippen LogP contribution in [0.4, 0.5) is 10.1 Å². The second-order valence-electron chi connectivity index (χ2n) is 6.38. The van der Waals surface area contributed by atoms with E-state index in [9.17, 15) is 14.3 Å². The second-order valence-corrected chi connectivity index (χ2v) is 6.38. The second kappa shape index (κ2) is 8.38. The summed E-state index contributed by atoms with van der Waals surface area (Å²) in [5.41, 5.74) is 0.217. The van der Waals surface area contributed by atoms with E-state index in [0.717, 1.165) is 6.20 Å². The van der Waals surface area contributed by atoms with Gasteiger partial charge in [0.2, 0.25) is 5.88 Å². The fraction of sp³-hybridized carbons (Fsp3) is 0.250. The quantitative estimate of drug-likeness (QED) is 0.680. The molecule has 150 valence electrons. The zero-order valence-electron chi connectivity index (χ0n) is 15.3. The number of amides is 1. The topological polar surface area (TPSA) is 103 Å². The van der Waals surface area contributed by atoms with Gasteiger partial charge in [-0.25, -0.2) is 14.4 Å². The number of aromatic hydroxyl groups is 1. The van der Waals surface area contributed by atoms with E-state index in [2.05, 4.69) is 15.3 Å². The minimum Gasteiger partial charge on any atom is -0.505 e. The normalized spacial score (nSPS) is 16.5. The molecule has 1 saturated heterocycles. The number of pyridine rings is 2. The van der Waals surface area contributed by atoms with E-state index in [-0.39, 0.29) is 35.4 Å². The smallest absolute Gasteiger partial charge is 0.278 e. The SMILES string of the molecule is O=C(Nc1ccc2c(OCC3COCCO3)ncc(F)c2c1)c1ncccc1O. The van der Waals surface area contributed by atoms with Crippen molar-refractivity contribution in [2.24, 2.45) is 0 Å². The maximum atomic E-state index is 14.3. The Kier molecular flexibility index (Phi) is 5.50. The zero-order valence-corrected chi connectivity index (χ0v) is 15.3. The van der Waals surface area contributed by atoms with E-state index < -0.39 is 11.7 Å². The Morgan fingerprint density at radius 2 is 2.17 bits per heavy atom. The van der Waals surface area contributed by atoms with Gasteiger partial charge in [-0.2, -0.15) is 0 Å². The van der Waals surface area contributed by atoms with Gasteiger partial charge in [0.25, 0.3) is 5.91 Å². The van der Waals surface area contributed by atoms with E-state index in [0.29, 0.717) is 30.9 Å². The minimum absolute atomic E-state index is 0.124. The van der Waals surface area contributed by atoms with Gasteiger partial charge in [-0.15, -0.1) is 0 Å². The number of aromatic nitrogens is 2. The molecular formula is C20H18FN3O5. The summed E-state index contributed by atoms with van der Waals surface area (Å²) in [5, 5.41) is 13.0. The number of ether oxygens (including phenoxy) is 3. The molecule has 3 heterocycles. The van der Waals surface area contributed by atoms with Crippen LogP contribution in [0, 0.1) is 5.82 Å². The van der Waals surface area contributed by atoms with Crippen LogP contribution in [0.25, 0.3) is 10.8 Å². The lowest BCUT2D eigenvalue weighted by Crippen LogP contribution is -2.33. The average Bonchev–Trinajstić information content (AvgIpc) is 2.74.